The summed E-state index contributed by atoms with van der Waals surface area (Å²) in [5.74, 6) is 2.84. The largest absolute Gasteiger partial charge is 0.496 e. The lowest BCUT2D eigenvalue weighted by molar-refractivity contribution is 0.393. The van der Waals surface area contributed by atoms with Crippen molar-refractivity contribution >= 4 is 39.0 Å². The van der Waals surface area contributed by atoms with Gasteiger partial charge in [0.25, 0.3) is 0 Å². The standard InChI is InChI=1S/C25H23N7O2/c1-12-21(14(3)34-31-12)17-10-18-16(11-20(17)33-5)22-24(28-18)26-15(4)27-25(22)29-23-13(2)30-32-9-7-6-8-19(23)32/h6-11H,1-5H3,(H2,26,27,28,29). The second-order valence-corrected chi connectivity index (χ2v) is 8.38. The average Bonchev–Trinajstić information content (AvgIpc) is 3.44. The molecule has 0 fully saturated rings. The molecule has 9 heteroatoms. The fourth-order valence-corrected chi connectivity index (χ4v) is 4.65. The number of hydrogen-bond acceptors (Lipinski definition) is 7. The number of aromatic amines is 1. The number of hydrogen-bond donors (Lipinski definition) is 2. The van der Waals surface area contributed by atoms with Crippen LogP contribution in [0.3, 0.4) is 0 Å². The van der Waals surface area contributed by atoms with E-state index in [0.717, 1.165) is 67.2 Å². The lowest BCUT2D eigenvalue weighted by Gasteiger charge is -2.10. The number of ether oxygens (including phenoxy) is 1. The van der Waals surface area contributed by atoms with E-state index in [0.29, 0.717) is 11.6 Å². The lowest BCUT2D eigenvalue weighted by Crippen LogP contribution is -1.99. The van der Waals surface area contributed by atoms with Gasteiger partial charge in [0.1, 0.15) is 28.8 Å². The normalized spacial score (nSPS) is 11.7. The molecule has 0 spiro atoms. The number of fused-ring (bicyclic) bond motifs is 4. The summed E-state index contributed by atoms with van der Waals surface area (Å²) in [6.07, 6.45) is 1.93. The van der Waals surface area contributed by atoms with Crippen LogP contribution in [0.2, 0.25) is 0 Å². The Kier molecular flexibility index (Phi) is 4.35. The van der Waals surface area contributed by atoms with Gasteiger partial charge in [-0.15, -0.1) is 0 Å². The topological polar surface area (TPSA) is 106 Å². The number of pyridine rings is 1. The summed E-state index contributed by atoms with van der Waals surface area (Å²) in [4.78, 5) is 12.9. The molecular weight excluding hydrogens is 430 g/mol. The minimum atomic E-state index is 0.661. The molecule has 0 radical (unpaired) electrons. The first-order chi connectivity index (χ1) is 16.4. The van der Waals surface area contributed by atoms with Crippen molar-refractivity contribution in [2.45, 2.75) is 27.7 Å². The maximum absolute atomic E-state index is 5.79. The van der Waals surface area contributed by atoms with E-state index in [1.807, 2.05) is 62.7 Å². The molecule has 0 amide bonds. The Morgan fingerprint density at radius 1 is 1.06 bits per heavy atom. The van der Waals surface area contributed by atoms with Crippen molar-refractivity contribution in [3.8, 4) is 16.9 Å². The predicted octanol–water partition coefficient (Wildman–Crippen LogP) is 5.40. The van der Waals surface area contributed by atoms with Gasteiger partial charge in [0.2, 0.25) is 0 Å². The van der Waals surface area contributed by atoms with Crippen molar-refractivity contribution in [1.82, 2.24) is 29.7 Å². The zero-order valence-electron chi connectivity index (χ0n) is 19.5. The molecule has 0 saturated carbocycles. The molecule has 0 aliphatic heterocycles. The molecule has 6 rings (SSSR count). The van der Waals surface area contributed by atoms with Gasteiger partial charge in [-0.25, -0.2) is 14.5 Å². The predicted molar refractivity (Wildman–Crippen MR) is 131 cm³/mol. The molecule has 6 aromatic rings. The molecule has 1 aromatic carbocycles. The van der Waals surface area contributed by atoms with Gasteiger partial charge >= 0.3 is 0 Å². The summed E-state index contributed by atoms with van der Waals surface area (Å²) in [6, 6.07) is 10.1. The highest BCUT2D eigenvalue weighted by atomic mass is 16.5. The molecule has 0 unspecified atom stereocenters. The molecule has 0 bridgehead atoms. The van der Waals surface area contributed by atoms with E-state index in [9.17, 15) is 0 Å². The number of anilines is 2. The highest BCUT2D eigenvalue weighted by Gasteiger charge is 2.21. The van der Waals surface area contributed by atoms with Crippen molar-refractivity contribution in [2.24, 2.45) is 0 Å². The van der Waals surface area contributed by atoms with E-state index in [4.69, 9.17) is 14.2 Å². The smallest absolute Gasteiger partial charge is 0.144 e. The highest BCUT2D eigenvalue weighted by Crippen LogP contribution is 2.41. The monoisotopic (exact) mass is 453 g/mol. The first kappa shape index (κ1) is 20.2. The molecule has 0 atom stereocenters. The Morgan fingerprint density at radius 3 is 2.68 bits per heavy atom. The Labute approximate surface area is 194 Å². The summed E-state index contributed by atoms with van der Waals surface area (Å²) >= 11 is 0. The zero-order chi connectivity index (χ0) is 23.6. The minimum Gasteiger partial charge on any atom is -0.496 e. The molecule has 0 aliphatic carbocycles. The van der Waals surface area contributed by atoms with Crippen molar-refractivity contribution < 1.29 is 9.26 Å². The van der Waals surface area contributed by atoms with E-state index in [2.05, 4.69) is 31.6 Å². The van der Waals surface area contributed by atoms with Gasteiger partial charge in [-0.2, -0.15) is 5.10 Å². The Balaban J connectivity index is 1.60. The number of nitrogens with zero attached hydrogens (tertiary/aromatic N) is 5. The highest BCUT2D eigenvalue weighted by molar-refractivity contribution is 6.13. The van der Waals surface area contributed by atoms with Gasteiger partial charge in [0.15, 0.2) is 0 Å². The number of nitrogens with one attached hydrogen (secondary N) is 2. The van der Waals surface area contributed by atoms with E-state index in [1.165, 1.54) is 0 Å². The van der Waals surface area contributed by atoms with E-state index >= 15 is 0 Å². The van der Waals surface area contributed by atoms with Crippen LogP contribution in [0.25, 0.3) is 38.6 Å². The molecule has 34 heavy (non-hydrogen) atoms. The SMILES string of the molecule is COc1cc2c(cc1-c1c(C)noc1C)[nH]c1nc(C)nc(Nc3c(C)nn4ccccc34)c12. The van der Waals surface area contributed by atoms with Gasteiger partial charge in [-0.3, -0.25) is 0 Å². The third-order valence-corrected chi connectivity index (χ3v) is 6.14. The van der Waals surface area contributed by atoms with Crippen LogP contribution < -0.4 is 10.1 Å². The van der Waals surface area contributed by atoms with Crippen molar-refractivity contribution in [2.75, 3.05) is 12.4 Å². The van der Waals surface area contributed by atoms with Gasteiger partial charge in [-0.1, -0.05) is 11.2 Å². The summed E-state index contributed by atoms with van der Waals surface area (Å²) in [5.41, 5.74) is 7.09. The number of H-pyrrole nitrogens is 1. The molecular formula is C25H23N7O2. The Bertz CT molecular complexity index is 1710. The van der Waals surface area contributed by atoms with E-state index in [1.54, 1.807) is 7.11 Å². The van der Waals surface area contributed by atoms with Crippen LogP contribution in [0, 0.1) is 27.7 Å². The molecule has 2 N–H and O–H groups in total. The van der Waals surface area contributed by atoms with Crippen LogP contribution in [0.1, 0.15) is 23.0 Å². The summed E-state index contributed by atoms with van der Waals surface area (Å²) in [7, 11) is 1.67. The second kappa shape index (κ2) is 7.31. The molecule has 170 valence electrons. The summed E-state index contributed by atoms with van der Waals surface area (Å²) < 4.78 is 13.1. The fraction of sp³-hybridized carbons (Fsp3) is 0.200. The van der Waals surface area contributed by atoms with Crippen LogP contribution in [0.15, 0.2) is 41.1 Å². The second-order valence-electron chi connectivity index (χ2n) is 8.38. The maximum atomic E-state index is 5.79. The average molecular weight is 454 g/mol. The van der Waals surface area contributed by atoms with Crippen LogP contribution >= 0.6 is 0 Å². The van der Waals surface area contributed by atoms with Gasteiger partial charge in [0, 0.05) is 22.7 Å². The third kappa shape index (κ3) is 2.93. The number of rotatable bonds is 4. The molecule has 5 aromatic heterocycles. The van der Waals surface area contributed by atoms with Gasteiger partial charge in [0.05, 0.1) is 40.7 Å². The Morgan fingerprint density at radius 2 is 1.91 bits per heavy atom. The van der Waals surface area contributed by atoms with Crippen LogP contribution in [-0.4, -0.2) is 36.8 Å². The zero-order valence-corrected chi connectivity index (χ0v) is 19.5. The Hall–Kier alpha value is -4.40. The molecule has 5 heterocycles. The maximum Gasteiger partial charge on any atom is 0.144 e. The van der Waals surface area contributed by atoms with E-state index < -0.39 is 0 Å². The minimum absolute atomic E-state index is 0.661. The fourth-order valence-electron chi connectivity index (χ4n) is 4.65. The van der Waals surface area contributed by atoms with E-state index in [-0.39, 0.29) is 0 Å². The number of methoxy groups -OCH3 is 1. The van der Waals surface area contributed by atoms with Crippen molar-refractivity contribution in [3.05, 3.63) is 59.5 Å². The summed E-state index contributed by atoms with van der Waals surface area (Å²) in [5, 5.41) is 14.1. The van der Waals surface area contributed by atoms with Crippen LogP contribution in [-0.2, 0) is 0 Å². The molecule has 0 aliphatic rings. The van der Waals surface area contributed by atoms with Crippen molar-refractivity contribution in [1.29, 1.82) is 0 Å². The van der Waals surface area contributed by atoms with Gasteiger partial charge in [-0.05, 0) is 52.0 Å². The lowest BCUT2D eigenvalue weighted by atomic mass is 10.0. The first-order valence-corrected chi connectivity index (χ1v) is 11.0. The number of aromatic nitrogens is 6. The molecule has 0 saturated heterocycles. The van der Waals surface area contributed by atoms with Crippen LogP contribution in [0.5, 0.6) is 5.75 Å². The van der Waals surface area contributed by atoms with Crippen molar-refractivity contribution in [3.63, 3.8) is 0 Å². The quantitative estimate of drug-likeness (QED) is 0.368. The molecule has 9 nitrogen and oxygen atoms in total. The first-order valence-electron chi connectivity index (χ1n) is 11.0. The third-order valence-electron chi connectivity index (χ3n) is 6.14. The number of aryl methyl sites for hydroxylation is 4. The number of benzene rings is 1. The summed E-state index contributed by atoms with van der Waals surface area (Å²) in [6.45, 7) is 7.69. The van der Waals surface area contributed by atoms with Gasteiger partial charge < -0.3 is 19.6 Å². The van der Waals surface area contributed by atoms with Crippen LogP contribution in [0.4, 0.5) is 11.5 Å².